The molecule has 0 radical (unpaired) electrons. The number of rotatable bonds is 2. The van der Waals surface area contributed by atoms with Gasteiger partial charge in [0, 0.05) is 16.0 Å². The Labute approximate surface area is 116 Å². The quantitative estimate of drug-likeness (QED) is 0.763. The monoisotopic (exact) mass is 269 g/mol. The van der Waals surface area contributed by atoms with Crippen LogP contribution < -0.4 is 0 Å². The summed E-state index contributed by atoms with van der Waals surface area (Å²) in [5, 5.41) is 13.5. The van der Waals surface area contributed by atoms with Crippen LogP contribution in [0.25, 0.3) is 10.9 Å². The number of pyridine rings is 1. The van der Waals surface area contributed by atoms with Crippen molar-refractivity contribution in [2.75, 3.05) is 0 Å². The van der Waals surface area contributed by atoms with Crippen molar-refractivity contribution in [2.24, 2.45) is 0 Å². The number of aromatic nitrogens is 1. The topological polar surface area (TPSA) is 33.1 Å². The zero-order chi connectivity index (χ0) is 13.4. The van der Waals surface area contributed by atoms with Gasteiger partial charge >= 0.3 is 0 Å². The van der Waals surface area contributed by atoms with Crippen LogP contribution in [-0.2, 0) is 0 Å². The van der Waals surface area contributed by atoms with Crippen LogP contribution in [0.1, 0.15) is 27.8 Å². The highest BCUT2D eigenvalue weighted by Gasteiger charge is 2.12. The molecule has 0 fully saturated rings. The summed E-state index contributed by atoms with van der Waals surface area (Å²) in [7, 11) is 0. The molecule has 1 atom stereocenters. The van der Waals surface area contributed by atoms with Crippen molar-refractivity contribution in [3.63, 3.8) is 0 Å². The second-order valence-corrected chi connectivity index (χ2v) is 5.91. The predicted molar refractivity (Wildman–Crippen MR) is 79.6 cm³/mol. The number of thiophene rings is 1. The third kappa shape index (κ3) is 2.39. The van der Waals surface area contributed by atoms with Gasteiger partial charge in [-0.3, -0.25) is 4.98 Å². The standard InChI is InChI=1S/C16H15NOS/c1-10-3-4-12-8-13(5-6-15(12)17-10)16(18)14-7-11(2)19-9-14/h3-9,16,18H,1-2H3. The Balaban J connectivity index is 2.03. The Morgan fingerprint density at radius 3 is 2.63 bits per heavy atom. The molecular formula is C16H15NOS. The van der Waals surface area contributed by atoms with Crippen molar-refractivity contribution >= 4 is 22.2 Å². The van der Waals surface area contributed by atoms with Gasteiger partial charge in [-0.2, -0.15) is 0 Å². The van der Waals surface area contributed by atoms with E-state index in [4.69, 9.17) is 0 Å². The van der Waals surface area contributed by atoms with Crippen molar-refractivity contribution < 1.29 is 5.11 Å². The van der Waals surface area contributed by atoms with Crippen molar-refractivity contribution in [3.05, 3.63) is 63.5 Å². The van der Waals surface area contributed by atoms with Crippen LogP contribution in [0.15, 0.2) is 41.8 Å². The lowest BCUT2D eigenvalue weighted by molar-refractivity contribution is 0.221. The lowest BCUT2D eigenvalue weighted by Crippen LogP contribution is -1.98. The molecule has 1 N–H and O–H groups in total. The van der Waals surface area contributed by atoms with Crippen LogP contribution in [0.2, 0.25) is 0 Å². The first-order valence-corrected chi connectivity index (χ1v) is 7.12. The average Bonchev–Trinajstić information content (AvgIpc) is 2.84. The molecule has 0 aliphatic carbocycles. The smallest absolute Gasteiger partial charge is 0.105 e. The molecule has 96 valence electrons. The van der Waals surface area contributed by atoms with E-state index in [2.05, 4.69) is 4.98 Å². The Bertz CT molecular complexity index is 732. The van der Waals surface area contributed by atoms with E-state index in [1.807, 2.05) is 55.6 Å². The second kappa shape index (κ2) is 4.76. The fourth-order valence-electron chi connectivity index (χ4n) is 2.22. The summed E-state index contributed by atoms with van der Waals surface area (Å²) in [6.07, 6.45) is -0.560. The average molecular weight is 269 g/mol. The van der Waals surface area contributed by atoms with E-state index < -0.39 is 6.10 Å². The van der Waals surface area contributed by atoms with Crippen molar-refractivity contribution in [3.8, 4) is 0 Å². The summed E-state index contributed by atoms with van der Waals surface area (Å²) >= 11 is 1.66. The van der Waals surface area contributed by atoms with Crippen LogP contribution >= 0.6 is 11.3 Å². The van der Waals surface area contributed by atoms with E-state index in [0.717, 1.165) is 27.7 Å². The van der Waals surface area contributed by atoms with Gasteiger partial charge in [0.2, 0.25) is 0 Å². The van der Waals surface area contributed by atoms with Gasteiger partial charge in [0.1, 0.15) is 6.10 Å². The molecule has 3 heteroatoms. The number of aliphatic hydroxyl groups excluding tert-OH is 1. The molecule has 19 heavy (non-hydrogen) atoms. The molecule has 1 unspecified atom stereocenters. The second-order valence-electron chi connectivity index (χ2n) is 4.80. The molecule has 0 aliphatic rings. The van der Waals surface area contributed by atoms with Gasteiger partial charge in [0.05, 0.1) is 5.52 Å². The zero-order valence-corrected chi connectivity index (χ0v) is 11.7. The number of aliphatic hydroxyl groups is 1. The van der Waals surface area contributed by atoms with E-state index in [-0.39, 0.29) is 0 Å². The number of aryl methyl sites for hydroxylation is 2. The highest BCUT2D eigenvalue weighted by atomic mass is 32.1. The molecule has 3 aromatic rings. The van der Waals surface area contributed by atoms with Crippen molar-refractivity contribution in [1.29, 1.82) is 0 Å². The molecule has 3 rings (SSSR count). The number of nitrogens with zero attached hydrogens (tertiary/aromatic N) is 1. The molecule has 2 aromatic heterocycles. The number of hydrogen-bond acceptors (Lipinski definition) is 3. The van der Waals surface area contributed by atoms with Gasteiger partial charge < -0.3 is 5.11 Å². The molecule has 2 nitrogen and oxygen atoms in total. The van der Waals surface area contributed by atoms with Crippen LogP contribution in [0.3, 0.4) is 0 Å². The molecule has 2 heterocycles. The molecule has 0 bridgehead atoms. The van der Waals surface area contributed by atoms with Gasteiger partial charge in [0.15, 0.2) is 0 Å². The van der Waals surface area contributed by atoms with Crippen LogP contribution in [0, 0.1) is 13.8 Å². The van der Waals surface area contributed by atoms with Crippen LogP contribution in [-0.4, -0.2) is 10.1 Å². The fourth-order valence-corrected chi connectivity index (χ4v) is 2.94. The highest BCUT2D eigenvalue weighted by Crippen LogP contribution is 2.28. The largest absolute Gasteiger partial charge is 0.384 e. The third-order valence-corrected chi connectivity index (χ3v) is 4.11. The third-order valence-electron chi connectivity index (χ3n) is 3.23. The molecule has 0 amide bonds. The summed E-state index contributed by atoms with van der Waals surface area (Å²) in [5.74, 6) is 0. The van der Waals surface area contributed by atoms with Gasteiger partial charge in [0.25, 0.3) is 0 Å². The van der Waals surface area contributed by atoms with E-state index in [9.17, 15) is 5.11 Å². The number of hydrogen-bond donors (Lipinski definition) is 1. The molecule has 0 saturated heterocycles. The maximum atomic E-state index is 10.4. The molecule has 1 aromatic carbocycles. The summed E-state index contributed by atoms with van der Waals surface area (Å²) in [6, 6.07) is 12.0. The normalized spacial score (nSPS) is 12.8. The Morgan fingerprint density at radius 1 is 1.05 bits per heavy atom. The van der Waals surface area contributed by atoms with Crippen molar-refractivity contribution in [1.82, 2.24) is 4.98 Å². The van der Waals surface area contributed by atoms with E-state index in [1.165, 1.54) is 4.88 Å². The Hall–Kier alpha value is -1.71. The first-order valence-electron chi connectivity index (χ1n) is 6.24. The minimum atomic E-state index is -0.560. The summed E-state index contributed by atoms with van der Waals surface area (Å²) in [5.41, 5.74) is 3.85. The maximum Gasteiger partial charge on any atom is 0.105 e. The zero-order valence-electron chi connectivity index (χ0n) is 10.9. The maximum absolute atomic E-state index is 10.4. The first kappa shape index (κ1) is 12.3. The SMILES string of the molecule is Cc1ccc2cc(C(O)c3csc(C)c3)ccc2n1. The van der Waals surface area contributed by atoms with Crippen LogP contribution in [0.4, 0.5) is 0 Å². The summed E-state index contributed by atoms with van der Waals surface area (Å²) < 4.78 is 0. The Kier molecular flexibility index (Phi) is 3.09. The minimum absolute atomic E-state index is 0.560. The molecule has 0 aliphatic heterocycles. The number of fused-ring (bicyclic) bond motifs is 1. The predicted octanol–water partition coefficient (Wildman–Crippen LogP) is 3.99. The molecular weight excluding hydrogens is 254 g/mol. The van der Waals surface area contributed by atoms with Gasteiger partial charge in [-0.05, 0) is 54.6 Å². The van der Waals surface area contributed by atoms with Gasteiger partial charge in [-0.1, -0.05) is 12.1 Å². The molecule has 0 spiro atoms. The Morgan fingerprint density at radius 2 is 1.89 bits per heavy atom. The van der Waals surface area contributed by atoms with Gasteiger partial charge in [-0.15, -0.1) is 11.3 Å². The molecule has 0 saturated carbocycles. The summed E-state index contributed by atoms with van der Waals surface area (Å²) in [6.45, 7) is 4.03. The van der Waals surface area contributed by atoms with E-state index in [1.54, 1.807) is 11.3 Å². The fraction of sp³-hybridized carbons (Fsp3) is 0.188. The first-order chi connectivity index (χ1) is 9.13. The highest BCUT2D eigenvalue weighted by molar-refractivity contribution is 7.10. The van der Waals surface area contributed by atoms with E-state index >= 15 is 0 Å². The van der Waals surface area contributed by atoms with Crippen molar-refractivity contribution in [2.45, 2.75) is 20.0 Å². The minimum Gasteiger partial charge on any atom is -0.384 e. The van der Waals surface area contributed by atoms with Gasteiger partial charge in [-0.25, -0.2) is 0 Å². The lowest BCUT2D eigenvalue weighted by atomic mass is 10.0. The summed E-state index contributed by atoms with van der Waals surface area (Å²) in [4.78, 5) is 5.69. The lowest BCUT2D eigenvalue weighted by Gasteiger charge is -2.10. The number of benzene rings is 1. The van der Waals surface area contributed by atoms with E-state index in [0.29, 0.717) is 0 Å². The van der Waals surface area contributed by atoms with Crippen LogP contribution in [0.5, 0.6) is 0 Å².